The van der Waals surface area contributed by atoms with Crippen LogP contribution in [-0.4, -0.2) is 42.8 Å². The number of benzene rings is 1. The van der Waals surface area contributed by atoms with Crippen molar-refractivity contribution in [3.05, 3.63) is 59.9 Å². The van der Waals surface area contributed by atoms with Crippen LogP contribution in [-0.2, 0) is 0 Å². The van der Waals surface area contributed by atoms with Gasteiger partial charge in [0.15, 0.2) is 0 Å². The van der Waals surface area contributed by atoms with Gasteiger partial charge in [-0.25, -0.2) is 19.3 Å². The second kappa shape index (κ2) is 7.26. The zero-order valence-corrected chi connectivity index (χ0v) is 14.7. The summed E-state index contributed by atoms with van der Waals surface area (Å²) in [6, 6.07) is 5.96. The molecular formula is C18H14ClFN6O. The van der Waals surface area contributed by atoms with Gasteiger partial charge in [0.1, 0.15) is 11.6 Å². The fourth-order valence-electron chi connectivity index (χ4n) is 2.73. The van der Waals surface area contributed by atoms with E-state index in [1.807, 2.05) is 0 Å². The van der Waals surface area contributed by atoms with Gasteiger partial charge >= 0.3 is 0 Å². The number of hydrogen-bond acceptors (Lipinski definition) is 6. The fraction of sp³-hybridized carbons (Fsp3) is 0.111. The largest absolute Gasteiger partial charge is 0.395 e. The number of halogens is 2. The lowest BCUT2D eigenvalue weighted by Gasteiger charge is -2.11. The van der Waals surface area contributed by atoms with E-state index in [0.29, 0.717) is 35.1 Å². The van der Waals surface area contributed by atoms with Crippen molar-refractivity contribution in [2.24, 2.45) is 0 Å². The summed E-state index contributed by atoms with van der Waals surface area (Å²) in [6.07, 6.45) is 6.56. The predicted octanol–water partition coefficient (Wildman–Crippen LogP) is 3.07. The van der Waals surface area contributed by atoms with E-state index < -0.39 is 5.82 Å². The van der Waals surface area contributed by atoms with Gasteiger partial charge < -0.3 is 10.4 Å². The molecule has 0 fully saturated rings. The minimum Gasteiger partial charge on any atom is -0.395 e. The summed E-state index contributed by atoms with van der Waals surface area (Å²) >= 11 is 6.29. The number of rotatable bonds is 5. The molecular weight excluding hydrogens is 371 g/mol. The van der Waals surface area contributed by atoms with Crippen molar-refractivity contribution in [1.29, 1.82) is 0 Å². The molecule has 0 aliphatic rings. The van der Waals surface area contributed by atoms with Gasteiger partial charge in [0.2, 0.25) is 5.95 Å². The molecule has 0 unspecified atom stereocenters. The number of aliphatic hydroxyl groups excluding tert-OH is 1. The average molecular weight is 385 g/mol. The molecule has 0 aliphatic carbocycles. The van der Waals surface area contributed by atoms with Crippen LogP contribution in [0.2, 0.25) is 5.02 Å². The van der Waals surface area contributed by atoms with Gasteiger partial charge in [-0.05, 0) is 24.3 Å². The van der Waals surface area contributed by atoms with Crippen molar-refractivity contribution in [2.75, 3.05) is 18.5 Å². The van der Waals surface area contributed by atoms with Crippen molar-refractivity contribution in [1.82, 2.24) is 24.5 Å². The molecule has 3 aromatic heterocycles. The second-order valence-electron chi connectivity index (χ2n) is 5.68. The van der Waals surface area contributed by atoms with Crippen LogP contribution in [0.15, 0.2) is 49.1 Å². The fourth-order valence-corrected chi connectivity index (χ4v) is 2.98. The molecule has 2 N–H and O–H groups in total. The Morgan fingerprint density at radius 2 is 1.96 bits per heavy atom. The molecule has 27 heavy (non-hydrogen) atoms. The highest BCUT2D eigenvalue weighted by Crippen LogP contribution is 2.31. The molecule has 1 aromatic carbocycles. The van der Waals surface area contributed by atoms with Crippen LogP contribution >= 0.6 is 11.6 Å². The molecule has 3 heterocycles. The maximum absolute atomic E-state index is 13.5. The van der Waals surface area contributed by atoms with Crippen LogP contribution in [0.3, 0.4) is 0 Å². The number of fused-ring (bicyclic) bond motifs is 1. The normalized spacial score (nSPS) is 11.1. The van der Waals surface area contributed by atoms with E-state index in [-0.39, 0.29) is 11.6 Å². The quantitative estimate of drug-likeness (QED) is 0.549. The van der Waals surface area contributed by atoms with E-state index in [1.54, 1.807) is 41.5 Å². The van der Waals surface area contributed by atoms with E-state index in [0.717, 1.165) is 5.52 Å². The van der Waals surface area contributed by atoms with Crippen LogP contribution in [0, 0.1) is 5.82 Å². The van der Waals surface area contributed by atoms with Gasteiger partial charge in [-0.1, -0.05) is 11.6 Å². The van der Waals surface area contributed by atoms with Crippen molar-refractivity contribution < 1.29 is 9.50 Å². The van der Waals surface area contributed by atoms with Gasteiger partial charge in [0.25, 0.3) is 0 Å². The van der Waals surface area contributed by atoms with E-state index >= 15 is 0 Å². The zero-order valence-electron chi connectivity index (χ0n) is 14.0. The Morgan fingerprint density at radius 1 is 1.15 bits per heavy atom. The Labute approximate surface area is 158 Å². The van der Waals surface area contributed by atoms with Crippen molar-refractivity contribution in [3.63, 3.8) is 0 Å². The number of nitrogens with zero attached hydrogens (tertiary/aromatic N) is 5. The number of imidazole rings is 1. The van der Waals surface area contributed by atoms with Crippen molar-refractivity contribution in [3.8, 4) is 17.1 Å². The molecule has 0 radical (unpaired) electrons. The topological polar surface area (TPSA) is 88.8 Å². The first-order valence-electron chi connectivity index (χ1n) is 8.12. The summed E-state index contributed by atoms with van der Waals surface area (Å²) in [5.41, 5.74) is 2.67. The molecule has 0 bridgehead atoms. The van der Waals surface area contributed by atoms with Gasteiger partial charge in [0.05, 0.1) is 40.1 Å². The first kappa shape index (κ1) is 17.3. The molecule has 0 amide bonds. The summed E-state index contributed by atoms with van der Waals surface area (Å²) in [7, 11) is 0. The van der Waals surface area contributed by atoms with Crippen LogP contribution < -0.4 is 5.32 Å². The Bertz CT molecular complexity index is 1100. The first-order valence-corrected chi connectivity index (χ1v) is 8.50. The highest BCUT2D eigenvalue weighted by Gasteiger charge is 2.17. The molecule has 4 aromatic rings. The summed E-state index contributed by atoms with van der Waals surface area (Å²) in [5.74, 6) is 0.535. The third kappa shape index (κ3) is 3.32. The summed E-state index contributed by atoms with van der Waals surface area (Å²) in [4.78, 5) is 17.3. The number of hydrogen-bond donors (Lipinski definition) is 2. The average Bonchev–Trinajstić information content (AvgIpc) is 3.06. The lowest BCUT2D eigenvalue weighted by Crippen LogP contribution is -2.08. The number of nitrogens with one attached hydrogen (secondary N) is 1. The van der Waals surface area contributed by atoms with E-state index in [9.17, 15) is 4.39 Å². The molecule has 136 valence electrons. The van der Waals surface area contributed by atoms with Gasteiger partial charge in [-0.15, -0.1) is 0 Å². The first-order chi connectivity index (χ1) is 13.2. The Morgan fingerprint density at radius 3 is 2.70 bits per heavy atom. The van der Waals surface area contributed by atoms with Gasteiger partial charge in [-0.2, -0.15) is 0 Å². The van der Waals surface area contributed by atoms with Crippen molar-refractivity contribution in [2.45, 2.75) is 0 Å². The monoisotopic (exact) mass is 384 g/mol. The molecule has 0 saturated heterocycles. The van der Waals surface area contributed by atoms with Crippen molar-refractivity contribution >= 4 is 28.6 Å². The minimum absolute atomic E-state index is 0.0169. The molecule has 4 rings (SSSR count). The number of pyridine rings is 1. The molecule has 0 aliphatic heterocycles. The number of anilines is 1. The molecule has 0 atom stereocenters. The Hall–Kier alpha value is -3.10. The van der Waals surface area contributed by atoms with Crippen LogP contribution in [0.25, 0.3) is 28.1 Å². The highest BCUT2D eigenvalue weighted by atomic mass is 35.5. The maximum atomic E-state index is 13.5. The number of aromatic nitrogens is 5. The maximum Gasteiger partial charge on any atom is 0.222 e. The molecule has 9 heteroatoms. The van der Waals surface area contributed by atoms with E-state index in [2.05, 4.69) is 25.3 Å². The van der Waals surface area contributed by atoms with Gasteiger partial charge in [0, 0.05) is 25.1 Å². The van der Waals surface area contributed by atoms with Gasteiger partial charge in [-0.3, -0.25) is 9.55 Å². The lowest BCUT2D eigenvalue weighted by atomic mass is 10.2. The summed E-state index contributed by atoms with van der Waals surface area (Å²) < 4.78 is 15.3. The zero-order chi connectivity index (χ0) is 18.8. The Kier molecular flexibility index (Phi) is 4.66. The third-order valence-electron chi connectivity index (χ3n) is 3.91. The molecule has 0 saturated carbocycles. The molecule has 0 spiro atoms. The van der Waals surface area contributed by atoms with E-state index in [1.165, 1.54) is 12.1 Å². The van der Waals surface area contributed by atoms with E-state index in [4.69, 9.17) is 16.7 Å². The smallest absolute Gasteiger partial charge is 0.222 e. The third-order valence-corrected chi connectivity index (χ3v) is 4.22. The summed E-state index contributed by atoms with van der Waals surface area (Å²) in [6.45, 7) is 0.339. The second-order valence-corrected chi connectivity index (χ2v) is 6.08. The van der Waals surface area contributed by atoms with Crippen LogP contribution in [0.4, 0.5) is 10.3 Å². The van der Waals surface area contributed by atoms with Crippen LogP contribution in [0.1, 0.15) is 0 Å². The number of aliphatic hydroxyl groups is 1. The minimum atomic E-state index is -0.421. The SMILES string of the molecule is OCCNc1ncc(-c2nc3ccncc3n2-c2ccc(F)cc2Cl)cn1. The Balaban J connectivity index is 1.88. The lowest BCUT2D eigenvalue weighted by molar-refractivity contribution is 0.311. The molecule has 7 nitrogen and oxygen atoms in total. The standard InChI is InChI=1S/C18H14ClFN6O/c19-13-7-12(20)1-2-15(13)26-16-10-21-4-3-14(16)25-17(26)11-8-23-18(24-9-11)22-5-6-27/h1-4,7-10,27H,5-6H2,(H,22,23,24). The summed E-state index contributed by atoms with van der Waals surface area (Å²) in [5, 5.41) is 12.0. The highest BCUT2D eigenvalue weighted by molar-refractivity contribution is 6.32. The predicted molar refractivity (Wildman–Crippen MR) is 100 cm³/mol. The van der Waals surface area contributed by atoms with Crippen LogP contribution in [0.5, 0.6) is 0 Å².